The SMILES string of the molecule is CCCC1(C(=O)NC2CCCC2SCC)CCCNC1. The molecule has 0 bridgehead atoms. The fourth-order valence-corrected chi connectivity index (χ4v) is 4.99. The molecule has 0 aromatic carbocycles. The fourth-order valence-electron chi connectivity index (χ4n) is 3.79. The van der Waals surface area contributed by atoms with Crippen molar-refractivity contribution in [2.75, 3.05) is 18.8 Å². The van der Waals surface area contributed by atoms with Gasteiger partial charge < -0.3 is 10.6 Å². The van der Waals surface area contributed by atoms with Gasteiger partial charge in [0.05, 0.1) is 5.41 Å². The van der Waals surface area contributed by atoms with Gasteiger partial charge in [-0.3, -0.25) is 4.79 Å². The van der Waals surface area contributed by atoms with E-state index in [4.69, 9.17) is 0 Å². The van der Waals surface area contributed by atoms with Gasteiger partial charge in [0.2, 0.25) is 5.91 Å². The summed E-state index contributed by atoms with van der Waals surface area (Å²) in [5.41, 5.74) is -0.142. The zero-order valence-corrected chi connectivity index (χ0v) is 13.9. The van der Waals surface area contributed by atoms with Crippen LogP contribution in [0.1, 0.15) is 58.8 Å². The predicted molar refractivity (Wildman–Crippen MR) is 87.1 cm³/mol. The van der Waals surface area contributed by atoms with Gasteiger partial charge >= 0.3 is 0 Å². The van der Waals surface area contributed by atoms with E-state index in [9.17, 15) is 4.79 Å². The molecule has 2 rings (SSSR count). The van der Waals surface area contributed by atoms with E-state index in [1.165, 1.54) is 19.3 Å². The maximum absolute atomic E-state index is 12.9. The topological polar surface area (TPSA) is 41.1 Å². The van der Waals surface area contributed by atoms with Crippen LogP contribution in [0, 0.1) is 5.41 Å². The Hall–Kier alpha value is -0.220. The number of nitrogens with one attached hydrogen (secondary N) is 2. The number of carbonyl (C=O) groups excluding carboxylic acids is 1. The molecule has 0 aromatic heterocycles. The van der Waals surface area contributed by atoms with Crippen LogP contribution in [0.4, 0.5) is 0 Å². The lowest BCUT2D eigenvalue weighted by atomic mass is 9.76. The molecule has 1 heterocycles. The maximum atomic E-state index is 12.9. The molecular formula is C16H30N2OS. The monoisotopic (exact) mass is 298 g/mol. The van der Waals surface area contributed by atoms with E-state index in [1.54, 1.807) is 0 Å². The second-order valence-corrected chi connectivity index (χ2v) is 7.83. The van der Waals surface area contributed by atoms with Crippen molar-refractivity contribution < 1.29 is 4.79 Å². The largest absolute Gasteiger partial charge is 0.352 e. The standard InChI is InChI=1S/C16H30N2OS/c1-3-9-16(10-6-11-17-12-16)15(19)18-13-7-5-8-14(13)20-4-2/h13-14,17H,3-12H2,1-2H3,(H,18,19). The Bertz CT molecular complexity index is 310. The average Bonchev–Trinajstić information content (AvgIpc) is 2.88. The first-order valence-corrected chi connectivity index (χ1v) is 9.40. The molecule has 1 amide bonds. The van der Waals surface area contributed by atoms with Crippen LogP contribution in [-0.4, -0.2) is 36.0 Å². The van der Waals surface area contributed by atoms with E-state index in [0.29, 0.717) is 17.2 Å². The Labute approximate surface area is 128 Å². The van der Waals surface area contributed by atoms with Crippen LogP contribution < -0.4 is 10.6 Å². The van der Waals surface area contributed by atoms with Crippen LogP contribution in [0.2, 0.25) is 0 Å². The summed E-state index contributed by atoms with van der Waals surface area (Å²) in [6, 6.07) is 0.406. The van der Waals surface area contributed by atoms with E-state index in [2.05, 4.69) is 24.5 Å². The first kappa shape index (κ1) is 16.2. The van der Waals surface area contributed by atoms with Gasteiger partial charge in [-0.1, -0.05) is 26.7 Å². The fraction of sp³-hybridized carbons (Fsp3) is 0.938. The molecule has 2 N–H and O–H groups in total. The summed E-state index contributed by atoms with van der Waals surface area (Å²) >= 11 is 2.02. The molecule has 0 radical (unpaired) electrons. The summed E-state index contributed by atoms with van der Waals surface area (Å²) < 4.78 is 0. The van der Waals surface area contributed by atoms with Crippen molar-refractivity contribution in [3.05, 3.63) is 0 Å². The summed E-state index contributed by atoms with van der Waals surface area (Å²) in [7, 11) is 0. The molecule has 3 nitrogen and oxygen atoms in total. The van der Waals surface area contributed by atoms with Gasteiger partial charge in [0.25, 0.3) is 0 Å². The highest BCUT2D eigenvalue weighted by Gasteiger charge is 2.40. The zero-order valence-electron chi connectivity index (χ0n) is 13.0. The molecule has 4 heteroatoms. The highest BCUT2D eigenvalue weighted by molar-refractivity contribution is 7.99. The molecule has 1 aliphatic heterocycles. The lowest BCUT2D eigenvalue weighted by molar-refractivity contribution is -0.133. The first-order chi connectivity index (χ1) is 9.72. The molecule has 1 saturated carbocycles. The van der Waals surface area contributed by atoms with E-state index in [0.717, 1.165) is 44.5 Å². The third-order valence-corrected chi connectivity index (χ3v) is 6.16. The number of rotatable bonds is 6. The summed E-state index contributed by atoms with van der Waals surface area (Å²) in [5.74, 6) is 1.47. The number of amides is 1. The van der Waals surface area contributed by atoms with Crippen LogP contribution in [0.5, 0.6) is 0 Å². The third-order valence-electron chi connectivity index (χ3n) is 4.83. The van der Waals surface area contributed by atoms with Gasteiger partial charge in [-0.05, 0) is 44.4 Å². The zero-order chi connectivity index (χ0) is 14.4. The molecular weight excluding hydrogens is 268 g/mol. The van der Waals surface area contributed by atoms with Gasteiger partial charge in [-0.25, -0.2) is 0 Å². The number of carbonyl (C=O) groups is 1. The van der Waals surface area contributed by atoms with Gasteiger partial charge in [0, 0.05) is 17.8 Å². The van der Waals surface area contributed by atoms with Crippen LogP contribution in [0.3, 0.4) is 0 Å². The number of hydrogen-bond acceptors (Lipinski definition) is 3. The highest BCUT2D eigenvalue weighted by Crippen LogP contribution is 2.34. The van der Waals surface area contributed by atoms with Crippen molar-refractivity contribution in [2.24, 2.45) is 5.41 Å². The first-order valence-electron chi connectivity index (χ1n) is 8.35. The average molecular weight is 298 g/mol. The molecule has 2 aliphatic rings. The lowest BCUT2D eigenvalue weighted by Crippen LogP contribution is -2.53. The van der Waals surface area contributed by atoms with Crippen LogP contribution in [0.15, 0.2) is 0 Å². The van der Waals surface area contributed by atoms with Gasteiger partial charge in [0.15, 0.2) is 0 Å². The molecule has 20 heavy (non-hydrogen) atoms. The van der Waals surface area contributed by atoms with Crippen molar-refractivity contribution >= 4 is 17.7 Å². The number of hydrogen-bond donors (Lipinski definition) is 2. The Morgan fingerprint density at radius 3 is 2.85 bits per heavy atom. The molecule has 116 valence electrons. The lowest BCUT2D eigenvalue weighted by Gasteiger charge is -2.37. The summed E-state index contributed by atoms with van der Waals surface area (Å²) in [4.78, 5) is 12.9. The van der Waals surface area contributed by atoms with E-state index in [-0.39, 0.29) is 5.41 Å². The Morgan fingerprint density at radius 2 is 2.20 bits per heavy atom. The molecule has 0 aromatic rings. The quantitative estimate of drug-likeness (QED) is 0.792. The Morgan fingerprint density at radius 1 is 1.35 bits per heavy atom. The Balaban J connectivity index is 1.97. The highest BCUT2D eigenvalue weighted by atomic mass is 32.2. The summed E-state index contributed by atoms with van der Waals surface area (Å²) in [5, 5.41) is 7.48. The molecule has 1 aliphatic carbocycles. The van der Waals surface area contributed by atoms with Crippen molar-refractivity contribution in [3.63, 3.8) is 0 Å². The Kier molecular flexibility index (Phi) is 6.21. The maximum Gasteiger partial charge on any atom is 0.227 e. The molecule has 0 spiro atoms. The minimum Gasteiger partial charge on any atom is -0.352 e. The van der Waals surface area contributed by atoms with E-state index in [1.807, 2.05) is 11.8 Å². The van der Waals surface area contributed by atoms with Crippen molar-refractivity contribution in [1.82, 2.24) is 10.6 Å². The minimum absolute atomic E-state index is 0.142. The van der Waals surface area contributed by atoms with Gasteiger partial charge in [-0.15, -0.1) is 0 Å². The summed E-state index contributed by atoms with van der Waals surface area (Å²) in [6.45, 7) is 6.34. The van der Waals surface area contributed by atoms with Crippen molar-refractivity contribution in [3.8, 4) is 0 Å². The molecule has 3 atom stereocenters. The second-order valence-electron chi connectivity index (χ2n) is 6.32. The minimum atomic E-state index is -0.142. The van der Waals surface area contributed by atoms with Crippen LogP contribution in [0.25, 0.3) is 0 Å². The molecule has 2 fully saturated rings. The summed E-state index contributed by atoms with van der Waals surface area (Å²) in [6.07, 6.45) is 7.99. The predicted octanol–water partition coefficient (Wildman–Crippen LogP) is 2.95. The van der Waals surface area contributed by atoms with Crippen molar-refractivity contribution in [2.45, 2.75) is 70.1 Å². The van der Waals surface area contributed by atoms with Crippen molar-refractivity contribution in [1.29, 1.82) is 0 Å². The normalized spacial score (nSPS) is 34.1. The second kappa shape index (κ2) is 7.69. The smallest absolute Gasteiger partial charge is 0.227 e. The number of piperidine rings is 1. The third kappa shape index (κ3) is 3.70. The van der Waals surface area contributed by atoms with Gasteiger partial charge in [0.1, 0.15) is 0 Å². The van der Waals surface area contributed by atoms with E-state index >= 15 is 0 Å². The molecule has 3 unspecified atom stereocenters. The van der Waals surface area contributed by atoms with Crippen LogP contribution >= 0.6 is 11.8 Å². The van der Waals surface area contributed by atoms with Crippen LogP contribution in [-0.2, 0) is 4.79 Å². The number of thioether (sulfide) groups is 1. The van der Waals surface area contributed by atoms with E-state index < -0.39 is 0 Å². The molecule has 1 saturated heterocycles. The van der Waals surface area contributed by atoms with Gasteiger partial charge in [-0.2, -0.15) is 11.8 Å².